The molecule has 1 fully saturated rings. The van der Waals surface area contributed by atoms with Crippen LogP contribution < -0.4 is 5.32 Å². The SMILES string of the molecule is CCCC(NC(COC)C1CC1)C(=O)O. The van der Waals surface area contributed by atoms with Gasteiger partial charge in [0.2, 0.25) is 0 Å². The first-order chi connectivity index (χ1) is 7.19. The molecule has 2 N–H and O–H groups in total. The van der Waals surface area contributed by atoms with Gasteiger partial charge in [0.05, 0.1) is 6.61 Å². The predicted molar refractivity (Wildman–Crippen MR) is 57.9 cm³/mol. The van der Waals surface area contributed by atoms with Crippen molar-refractivity contribution < 1.29 is 14.6 Å². The van der Waals surface area contributed by atoms with Gasteiger partial charge in [-0.2, -0.15) is 0 Å². The number of carbonyl (C=O) groups is 1. The van der Waals surface area contributed by atoms with Gasteiger partial charge < -0.3 is 9.84 Å². The Labute approximate surface area is 91.0 Å². The first-order valence-corrected chi connectivity index (χ1v) is 5.66. The maximum Gasteiger partial charge on any atom is 0.320 e. The highest BCUT2D eigenvalue weighted by Gasteiger charge is 2.33. The fraction of sp³-hybridized carbons (Fsp3) is 0.909. The smallest absolute Gasteiger partial charge is 0.320 e. The lowest BCUT2D eigenvalue weighted by Crippen LogP contribution is -2.46. The largest absolute Gasteiger partial charge is 0.480 e. The maximum absolute atomic E-state index is 11.0. The van der Waals surface area contributed by atoms with Crippen molar-refractivity contribution in [3.63, 3.8) is 0 Å². The number of carboxylic acid groups (broad SMARTS) is 1. The van der Waals surface area contributed by atoms with Gasteiger partial charge in [0.1, 0.15) is 6.04 Å². The minimum Gasteiger partial charge on any atom is -0.480 e. The van der Waals surface area contributed by atoms with E-state index in [0.717, 1.165) is 6.42 Å². The monoisotopic (exact) mass is 215 g/mol. The molecule has 0 spiro atoms. The second kappa shape index (κ2) is 6.08. The van der Waals surface area contributed by atoms with Gasteiger partial charge >= 0.3 is 5.97 Å². The van der Waals surface area contributed by atoms with Crippen LogP contribution in [0.5, 0.6) is 0 Å². The molecule has 0 aliphatic heterocycles. The van der Waals surface area contributed by atoms with E-state index in [4.69, 9.17) is 9.84 Å². The highest BCUT2D eigenvalue weighted by Crippen LogP contribution is 2.33. The number of nitrogens with one attached hydrogen (secondary N) is 1. The summed E-state index contributed by atoms with van der Waals surface area (Å²) in [5.74, 6) is -0.137. The van der Waals surface area contributed by atoms with Crippen molar-refractivity contribution in [3.8, 4) is 0 Å². The normalized spacial score (nSPS) is 19.9. The molecule has 0 aromatic rings. The molecule has 0 bridgehead atoms. The molecule has 4 nitrogen and oxygen atoms in total. The number of methoxy groups -OCH3 is 1. The summed E-state index contributed by atoms with van der Waals surface area (Å²) in [7, 11) is 1.66. The summed E-state index contributed by atoms with van der Waals surface area (Å²) >= 11 is 0. The molecule has 0 radical (unpaired) electrons. The van der Waals surface area contributed by atoms with Crippen LogP contribution in [-0.2, 0) is 9.53 Å². The number of carboxylic acids is 1. The van der Waals surface area contributed by atoms with Gasteiger partial charge in [0.25, 0.3) is 0 Å². The summed E-state index contributed by atoms with van der Waals surface area (Å²) in [5, 5.41) is 12.2. The summed E-state index contributed by atoms with van der Waals surface area (Å²) in [5.41, 5.74) is 0. The molecule has 2 atom stereocenters. The van der Waals surface area contributed by atoms with E-state index in [-0.39, 0.29) is 6.04 Å². The van der Waals surface area contributed by atoms with Crippen LogP contribution in [0.4, 0.5) is 0 Å². The third-order valence-corrected chi connectivity index (χ3v) is 2.83. The third kappa shape index (κ3) is 4.18. The Hall–Kier alpha value is -0.610. The summed E-state index contributed by atoms with van der Waals surface area (Å²) in [6, 6.07) is -0.210. The van der Waals surface area contributed by atoms with Gasteiger partial charge in [-0.1, -0.05) is 13.3 Å². The molecule has 15 heavy (non-hydrogen) atoms. The number of hydrogen-bond donors (Lipinski definition) is 2. The number of aliphatic carboxylic acids is 1. The number of rotatable bonds is 8. The molecule has 1 rings (SSSR count). The van der Waals surface area contributed by atoms with Crippen LogP contribution >= 0.6 is 0 Å². The zero-order chi connectivity index (χ0) is 11.3. The predicted octanol–water partition coefficient (Wildman–Crippen LogP) is 1.25. The van der Waals surface area contributed by atoms with E-state index in [2.05, 4.69) is 5.32 Å². The Morgan fingerprint density at radius 3 is 2.67 bits per heavy atom. The summed E-state index contributed by atoms with van der Waals surface area (Å²) < 4.78 is 5.11. The van der Waals surface area contributed by atoms with Crippen molar-refractivity contribution in [3.05, 3.63) is 0 Å². The lowest BCUT2D eigenvalue weighted by atomic mass is 10.1. The van der Waals surface area contributed by atoms with E-state index < -0.39 is 12.0 Å². The van der Waals surface area contributed by atoms with Crippen LogP contribution in [0.1, 0.15) is 32.6 Å². The van der Waals surface area contributed by atoms with E-state index in [1.54, 1.807) is 7.11 Å². The lowest BCUT2D eigenvalue weighted by molar-refractivity contribution is -0.140. The molecule has 1 aliphatic carbocycles. The number of hydrogen-bond acceptors (Lipinski definition) is 3. The van der Waals surface area contributed by atoms with Gasteiger partial charge in [-0.15, -0.1) is 0 Å². The molecular formula is C11H21NO3. The molecule has 4 heteroatoms. The fourth-order valence-electron chi connectivity index (χ4n) is 1.82. The van der Waals surface area contributed by atoms with Crippen LogP contribution in [0, 0.1) is 5.92 Å². The molecular weight excluding hydrogens is 194 g/mol. The molecule has 0 aromatic heterocycles. The third-order valence-electron chi connectivity index (χ3n) is 2.83. The summed E-state index contributed by atoms with van der Waals surface area (Å²) in [4.78, 5) is 11.0. The molecule has 88 valence electrons. The highest BCUT2D eigenvalue weighted by molar-refractivity contribution is 5.73. The van der Waals surface area contributed by atoms with Gasteiger partial charge in [-0.05, 0) is 25.2 Å². The zero-order valence-electron chi connectivity index (χ0n) is 9.53. The molecule has 0 amide bonds. The topological polar surface area (TPSA) is 58.6 Å². The van der Waals surface area contributed by atoms with Crippen LogP contribution in [0.3, 0.4) is 0 Å². The van der Waals surface area contributed by atoms with Crippen LogP contribution in [-0.4, -0.2) is 36.9 Å². The molecule has 2 unspecified atom stereocenters. The van der Waals surface area contributed by atoms with Crippen molar-refractivity contribution in [1.29, 1.82) is 0 Å². The van der Waals surface area contributed by atoms with Crippen LogP contribution in [0.15, 0.2) is 0 Å². The molecule has 1 aliphatic rings. The minimum atomic E-state index is -0.751. The van der Waals surface area contributed by atoms with Gasteiger partial charge in [-0.3, -0.25) is 10.1 Å². The first-order valence-electron chi connectivity index (χ1n) is 5.66. The second-order valence-electron chi connectivity index (χ2n) is 4.25. The Morgan fingerprint density at radius 2 is 2.27 bits per heavy atom. The van der Waals surface area contributed by atoms with Crippen molar-refractivity contribution >= 4 is 5.97 Å². The first kappa shape index (κ1) is 12.5. The molecule has 0 aromatic carbocycles. The van der Waals surface area contributed by atoms with Gasteiger partial charge in [-0.25, -0.2) is 0 Å². The molecule has 0 saturated heterocycles. The van der Waals surface area contributed by atoms with E-state index in [1.165, 1.54) is 12.8 Å². The average molecular weight is 215 g/mol. The van der Waals surface area contributed by atoms with Crippen molar-refractivity contribution in [2.75, 3.05) is 13.7 Å². The average Bonchev–Trinajstić information content (AvgIpc) is 2.99. The van der Waals surface area contributed by atoms with Crippen LogP contribution in [0.25, 0.3) is 0 Å². The lowest BCUT2D eigenvalue weighted by Gasteiger charge is -2.22. The quantitative estimate of drug-likeness (QED) is 0.640. The molecule has 0 heterocycles. The summed E-state index contributed by atoms with van der Waals surface area (Å²) in [6.07, 6.45) is 3.95. The Kier molecular flexibility index (Phi) is 5.05. The Bertz CT molecular complexity index is 204. The fourth-order valence-corrected chi connectivity index (χ4v) is 1.82. The summed E-state index contributed by atoms with van der Waals surface area (Å²) in [6.45, 7) is 2.61. The minimum absolute atomic E-state index is 0.211. The van der Waals surface area contributed by atoms with E-state index in [0.29, 0.717) is 18.9 Å². The second-order valence-corrected chi connectivity index (χ2v) is 4.25. The van der Waals surface area contributed by atoms with E-state index in [1.807, 2.05) is 6.92 Å². The Balaban J connectivity index is 2.41. The van der Waals surface area contributed by atoms with E-state index >= 15 is 0 Å². The van der Waals surface area contributed by atoms with Crippen molar-refractivity contribution in [1.82, 2.24) is 5.32 Å². The van der Waals surface area contributed by atoms with Crippen LogP contribution in [0.2, 0.25) is 0 Å². The number of ether oxygens (including phenoxy) is 1. The van der Waals surface area contributed by atoms with Gasteiger partial charge in [0, 0.05) is 13.2 Å². The van der Waals surface area contributed by atoms with Crippen molar-refractivity contribution in [2.24, 2.45) is 5.92 Å². The standard InChI is InChI=1S/C11H21NO3/c1-3-4-9(11(13)14)12-10(7-15-2)8-5-6-8/h8-10,12H,3-7H2,1-2H3,(H,13,14). The highest BCUT2D eigenvalue weighted by atomic mass is 16.5. The maximum atomic E-state index is 11.0. The zero-order valence-corrected chi connectivity index (χ0v) is 9.53. The van der Waals surface area contributed by atoms with Gasteiger partial charge in [0.15, 0.2) is 0 Å². The van der Waals surface area contributed by atoms with E-state index in [9.17, 15) is 4.79 Å². The Morgan fingerprint density at radius 1 is 1.60 bits per heavy atom. The molecule has 1 saturated carbocycles. The van der Waals surface area contributed by atoms with Crippen molar-refractivity contribution in [2.45, 2.75) is 44.7 Å².